The van der Waals surface area contributed by atoms with Crippen molar-refractivity contribution < 1.29 is 39.3 Å². The van der Waals surface area contributed by atoms with E-state index >= 15 is 0 Å². The first-order chi connectivity index (χ1) is 14.3. The van der Waals surface area contributed by atoms with Crippen molar-refractivity contribution in [3.8, 4) is 5.75 Å². The van der Waals surface area contributed by atoms with Gasteiger partial charge in [-0.1, -0.05) is 18.5 Å². The van der Waals surface area contributed by atoms with Crippen LogP contribution in [0.3, 0.4) is 0 Å². The maximum Gasteiger partial charge on any atom is 0.235 e. The summed E-state index contributed by atoms with van der Waals surface area (Å²) in [6.07, 6.45) is -2.25. The fourth-order valence-corrected chi connectivity index (χ4v) is 5.55. The number of phenols is 1. The number of carbonyl (C=O) groups is 5. The second kappa shape index (κ2) is 6.59. The van der Waals surface area contributed by atoms with Crippen LogP contribution >= 0.6 is 11.6 Å². The van der Waals surface area contributed by atoms with Gasteiger partial charge in [0.2, 0.25) is 5.91 Å². The van der Waals surface area contributed by atoms with E-state index in [1.165, 1.54) is 6.07 Å². The Labute approximate surface area is 180 Å². The number of anilines is 1. The van der Waals surface area contributed by atoms with E-state index in [2.05, 4.69) is 0 Å². The van der Waals surface area contributed by atoms with Crippen molar-refractivity contribution in [3.63, 3.8) is 0 Å². The van der Waals surface area contributed by atoms with E-state index in [-0.39, 0.29) is 22.7 Å². The maximum absolute atomic E-state index is 13.4. The van der Waals surface area contributed by atoms with Gasteiger partial charge in [0.1, 0.15) is 6.10 Å². The Bertz CT molecular complexity index is 1100. The van der Waals surface area contributed by atoms with Crippen LogP contribution in [-0.4, -0.2) is 56.1 Å². The summed E-state index contributed by atoms with van der Waals surface area (Å²) < 4.78 is 0. The number of rotatable bonds is 1. The van der Waals surface area contributed by atoms with E-state index in [1.807, 2.05) is 0 Å². The molecule has 1 aromatic rings. The number of aliphatic hydroxyl groups excluding tert-OH is 1. The Hall–Kier alpha value is -2.82. The molecule has 0 saturated heterocycles. The number of amides is 1. The lowest BCUT2D eigenvalue weighted by Gasteiger charge is -2.51. The standard InChI is InChI=1S/C20H19ClN2O8/c1-4-5-2-7-13(24)16(27)11(19(23)30)18(29)20(7,31)17(28)10(5)14(25)9-6(4)3-8(21)12(22)15(9)26/h3-5,7,10-11,13,24,26,31H,2,22H2,1H3,(H2,23,30)/t4-,5+,7-,10?,11?,13+,20-/m0/s1. The molecule has 0 radical (unpaired) electrons. The van der Waals surface area contributed by atoms with Gasteiger partial charge < -0.3 is 26.8 Å². The van der Waals surface area contributed by atoms with Crippen molar-refractivity contribution in [3.05, 3.63) is 22.2 Å². The SMILES string of the molecule is C[C@@H]1c2cc(Cl)c(N)c(O)c2C(=O)C2C(=O)[C@]3(O)C(=O)C(C(N)=O)C(=O)[C@H](O)[C@@H]3C[C@@H]21. The molecule has 10 nitrogen and oxygen atoms in total. The van der Waals surface area contributed by atoms with Crippen LogP contribution in [0.5, 0.6) is 5.75 Å². The van der Waals surface area contributed by atoms with Gasteiger partial charge in [-0.05, 0) is 29.9 Å². The summed E-state index contributed by atoms with van der Waals surface area (Å²) in [6, 6.07) is 1.40. The molecule has 2 fully saturated rings. The number of halogens is 1. The summed E-state index contributed by atoms with van der Waals surface area (Å²) in [5.41, 5.74) is 7.67. The number of fused-ring (bicyclic) bond motifs is 3. The number of nitrogen functional groups attached to an aromatic ring is 1. The first-order valence-corrected chi connectivity index (χ1v) is 9.90. The molecule has 0 heterocycles. The van der Waals surface area contributed by atoms with Crippen molar-refractivity contribution >= 4 is 46.3 Å². The number of hydrogen-bond donors (Lipinski definition) is 5. The number of benzene rings is 1. The van der Waals surface area contributed by atoms with Crippen LogP contribution in [0.1, 0.15) is 35.2 Å². The molecule has 3 aliphatic rings. The number of carbonyl (C=O) groups excluding carboxylic acids is 5. The van der Waals surface area contributed by atoms with Crippen LogP contribution in [0.4, 0.5) is 5.69 Å². The van der Waals surface area contributed by atoms with Crippen molar-refractivity contribution in [1.82, 2.24) is 0 Å². The molecule has 0 aromatic heterocycles. The molecule has 0 spiro atoms. The summed E-state index contributed by atoms with van der Waals surface area (Å²) in [5, 5.41) is 32.0. The van der Waals surface area contributed by atoms with Crippen molar-refractivity contribution in [1.29, 1.82) is 0 Å². The zero-order valence-corrected chi connectivity index (χ0v) is 16.9. The smallest absolute Gasteiger partial charge is 0.235 e. The van der Waals surface area contributed by atoms with Gasteiger partial charge in [0.15, 0.2) is 40.4 Å². The fraction of sp³-hybridized carbons (Fsp3) is 0.450. The molecule has 1 aromatic carbocycles. The Kier molecular flexibility index (Phi) is 4.55. The molecule has 0 aliphatic heterocycles. The Morgan fingerprint density at radius 1 is 1.23 bits per heavy atom. The Morgan fingerprint density at radius 3 is 2.42 bits per heavy atom. The van der Waals surface area contributed by atoms with Crippen LogP contribution in [0, 0.1) is 23.7 Å². The van der Waals surface area contributed by atoms with Crippen LogP contribution in [0.15, 0.2) is 6.07 Å². The van der Waals surface area contributed by atoms with Gasteiger partial charge in [0, 0.05) is 5.92 Å². The average molecular weight is 451 g/mol. The predicted molar refractivity (Wildman–Crippen MR) is 104 cm³/mol. The fourth-order valence-electron chi connectivity index (χ4n) is 5.34. The van der Waals surface area contributed by atoms with Gasteiger partial charge in [-0.15, -0.1) is 0 Å². The molecule has 31 heavy (non-hydrogen) atoms. The number of phenolic OH excluding ortho intramolecular Hbond substituents is 1. The number of hydrogen-bond acceptors (Lipinski definition) is 9. The highest BCUT2D eigenvalue weighted by atomic mass is 35.5. The summed E-state index contributed by atoms with van der Waals surface area (Å²) in [6.45, 7) is 1.65. The van der Waals surface area contributed by atoms with Gasteiger partial charge in [0.05, 0.1) is 22.2 Å². The highest BCUT2D eigenvalue weighted by Crippen LogP contribution is 2.55. The van der Waals surface area contributed by atoms with Gasteiger partial charge in [-0.25, -0.2) is 0 Å². The van der Waals surface area contributed by atoms with E-state index in [9.17, 15) is 39.3 Å². The zero-order chi connectivity index (χ0) is 23.2. The zero-order valence-electron chi connectivity index (χ0n) is 16.2. The Morgan fingerprint density at radius 2 is 1.84 bits per heavy atom. The second-order valence-electron chi connectivity index (χ2n) is 8.40. The molecular formula is C20H19ClN2O8. The van der Waals surface area contributed by atoms with Crippen molar-refractivity contribution in [2.45, 2.75) is 31.0 Å². The van der Waals surface area contributed by atoms with E-state index in [1.54, 1.807) is 6.92 Å². The average Bonchev–Trinajstić information content (AvgIpc) is 2.70. The lowest BCUT2D eigenvalue weighted by molar-refractivity contribution is -0.186. The van der Waals surface area contributed by atoms with Crippen LogP contribution in [0.2, 0.25) is 5.02 Å². The first kappa shape index (κ1) is 21.4. The van der Waals surface area contributed by atoms with Gasteiger partial charge in [0.25, 0.3) is 0 Å². The van der Waals surface area contributed by atoms with Crippen LogP contribution < -0.4 is 11.5 Å². The van der Waals surface area contributed by atoms with E-state index < -0.39 is 76.1 Å². The number of Topliss-reactive ketones (excluding diaryl/α,β-unsaturated/α-hetero) is 4. The molecule has 2 unspecified atom stereocenters. The van der Waals surface area contributed by atoms with E-state index in [0.29, 0.717) is 5.56 Å². The van der Waals surface area contributed by atoms with Crippen LogP contribution in [0.25, 0.3) is 0 Å². The highest BCUT2D eigenvalue weighted by molar-refractivity contribution is 6.35. The number of ketones is 4. The third kappa shape index (κ3) is 2.49. The predicted octanol–water partition coefficient (Wildman–Crippen LogP) is -0.906. The summed E-state index contributed by atoms with van der Waals surface area (Å²) in [5.74, 6) is -13.5. The normalized spacial score (nSPS) is 37.2. The lowest BCUT2D eigenvalue weighted by atomic mass is 9.51. The minimum atomic E-state index is -2.95. The molecule has 7 N–H and O–H groups in total. The number of aliphatic hydroxyl groups is 2. The molecule has 1 amide bonds. The molecule has 3 aliphatic carbocycles. The maximum atomic E-state index is 13.4. The molecule has 2 saturated carbocycles. The summed E-state index contributed by atoms with van der Waals surface area (Å²) in [7, 11) is 0. The quantitative estimate of drug-likeness (QED) is 0.204. The van der Waals surface area contributed by atoms with E-state index in [0.717, 1.165) is 0 Å². The Balaban J connectivity index is 1.90. The summed E-state index contributed by atoms with van der Waals surface area (Å²) >= 11 is 6.03. The minimum absolute atomic E-state index is 0.000322. The monoisotopic (exact) mass is 450 g/mol. The molecule has 164 valence electrons. The largest absolute Gasteiger partial charge is 0.505 e. The first-order valence-electron chi connectivity index (χ1n) is 9.52. The molecule has 0 bridgehead atoms. The second-order valence-corrected chi connectivity index (χ2v) is 8.81. The minimum Gasteiger partial charge on any atom is -0.505 e. The molecule has 11 heteroatoms. The van der Waals surface area contributed by atoms with E-state index in [4.69, 9.17) is 23.1 Å². The number of nitrogens with two attached hydrogens (primary N) is 2. The molecular weight excluding hydrogens is 432 g/mol. The molecule has 4 rings (SSSR count). The third-order valence-corrected chi connectivity index (χ3v) is 7.32. The third-order valence-electron chi connectivity index (χ3n) is 7.01. The highest BCUT2D eigenvalue weighted by Gasteiger charge is 2.69. The van der Waals surface area contributed by atoms with Gasteiger partial charge in [-0.2, -0.15) is 0 Å². The van der Waals surface area contributed by atoms with Gasteiger partial charge in [-0.3, -0.25) is 24.0 Å². The topological polar surface area (TPSA) is 198 Å². The van der Waals surface area contributed by atoms with Crippen molar-refractivity contribution in [2.75, 3.05) is 5.73 Å². The molecule has 7 atom stereocenters. The summed E-state index contributed by atoms with van der Waals surface area (Å²) in [4.78, 5) is 63.5. The van der Waals surface area contributed by atoms with Crippen LogP contribution in [-0.2, 0) is 19.2 Å². The lowest BCUT2D eigenvalue weighted by Crippen LogP contribution is -2.72. The van der Waals surface area contributed by atoms with Crippen molar-refractivity contribution in [2.24, 2.45) is 29.4 Å². The number of primary amides is 1. The number of aromatic hydroxyl groups is 1. The van der Waals surface area contributed by atoms with Gasteiger partial charge >= 0.3 is 0 Å².